The molecule has 2 aliphatic heterocycles. The average Bonchev–Trinajstić information content (AvgIpc) is 3.50. The summed E-state index contributed by atoms with van der Waals surface area (Å²) in [5, 5.41) is 29.8. The summed E-state index contributed by atoms with van der Waals surface area (Å²) in [4.78, 5) is 23.8. The standard InChI is InChI=1S/C38H38N6O5S/c1-25-5-3-4-6-35(25)50(48,49)44-24-34(27-7-9-28(10-8-27)38(47)43-22-32(46)23-43)33-19-31(21-40-37(33)44)29-17-26(2)36(30(18-29)20-39)42-13-11-41(12-14-42)15-16-45/h3-10,17-19,21,24,32,45-46H,11-16,22-23H2,1-2H3. The number of amides is 1. The Morgan fingerprint density at radius 3 is 2.32 bits per heavy atom. The van der Waals surface area contributed by atoms with Crippen LogP contribution >= 0.6 is 0 Å². The Bertz CT molecular complexity index is 2250. The number of likely N-dealkylation sites (tertiary alicyclic amines) is 1. The normalized spacial score (nSPS) is 15.7. The molecule has 50 heavy (non-hydrogen) atoms. The van der Waals surface area contributed by atoms with E-state index in [1.54, 1.807) is 72.7 Å². The third kappa shape index (κ3) is 6.03. The van der Waals surface area contributed by atoms with Gasteiger partial charge in [-0.1, -0.05) is 30.3 Å². The Labute approximate surface area is 291 Å². The van der Waals surface area contributed by atoms with Crippen molar-refractivity contribution in [3.05, 3.63) is 101 Å². The molecule has 4 heterocycles. The van der Waals surface area contributed by atoms with Crippen LogP contribution in [-0.4, -0.2) is 102 Å². The fourth-order valence-corrected chi connectivity index (χ4v) is 8.54. The first kappa shape index (κ1) is 33.4. The summed E-state index contributed by atoms with van der Waals surface area (Å²) in [6.07, 6.45) is 2.72. The van der Waals surface area contributed by atoms with E-state index in [-0.39, 0.29) is 23.1 Å². The summed E-state index contributed by atoms with van der Waals surface area (Å²) in [6, 6.07) is 22.0. The number of aliphatic hydroxyl groups excluding tert-OH is 2. The van der Waals surface area contributed by atoms with Crippen molar-refractivity contribution in [1.29, 1.82) is 5.26 Å². The van der Waals surface area contributed by atoms with Crippen LogP contribution in [0.4, 0.5) is 5.69 Å². The molecule has 0 unspecified atom stereocenters. The van der Waals surface area contributed by atoms with Gasteiger partial charge in [0.15, 0.2) is 5.65 Å². The Balaban J connectivity index is 1.31. The Morgan fingerprint density at radius 2 is 1.66 bits per heavy atom. The number of fused-ring (bicyclic) bond motifs is 1. The Hall–Kier alpha value is -5.06. The fraction of sp³-hybridized carbons (Fsp3) is 0.289. The van der Waals surface area contributed by atoms with Crippen LogP contribution in [0.1, 0.15) is 27.0 Å². The van der Waals surface area contributed by atoms with Crippen LogP contribution in [0.5, 0.6) is 0 Å². The molecular formula is C38H38N6O5S. The second-order valence-electron chi connectivity index (χ2n) is 13.0. The third-order valence-corrected chi connectivity index (χ3v) is 11.5. The zero-order chi connectivity index (χ0) is 35.2. The number of aromatic nitrogens is 2. The number of pyridine rings is 1. The molecule has 2 aliphatic rings. The molecule has 2 aromatic heterocycles. The fourth-order valence-electron chi connectivity index (χ4n) is 6.99. The van der Waals surface area contributed by atoms with Gasteiger partial charge in [-0.2, -0.15) is 5.26 Å². The minimum atomic E-state index is -4.03. The number of nitriles is 1. The monoisotopic (exact) mass is 690 g/mol. The van der Waals surface area contributed by atoms with Crippen molar-refractivity contribution in [2.45, 2.75) is 24.8 Å². The molecule has 256 valence electrons. The maximum atomic E-state index is 14.1. The number of rotatable bonds is 8. The summed E-state index contributed by atoms with van der Waals surface area (Å²) in [6.45, 7) is 8.20. The highest BCUT2D eigenvalue weighted by atomic mass is 32.2. The van der Waals surface area contributed by atoms with E-state index in [4.69, 9.17) is 4.98 Å². The number of carbonyl (C=O) groups is 1. The number of hydrogen-bond donors (Lipinski definition) is 2. The van der Waals surface area contributed by atoms with Crippen LogP contribution in [0.25, 0.3) is 33.3 Å². The number of aliphatic hydroxyl groups is 2. The van der Waals surface area contributed by atoms with E-state index in [0.29, 0.717) is 52.8 Å². The van der Waals surface area contributed by atoms with E-state index in [9.17, 15) is 28.7 Å². The highest BCUT2D eigenvalue weighted by molar-refractivity contribution is 7.90. The van der Waals surface area contributed by atoms with Crippen LogP contribution in [-0.2, 0) is 10.0 Å². The lowest BCUT2D eigenvalue weighted by Crippen LogP contribution is -2.53. The van der Waals surface area contributed by atoms with Gasteiger partial charge in [0.1, 0.15) is 6.07 Å². The van der Waals surface area contributed by atoms with E-state index in [1.165, 1.54) is 3.97 Å². The summed E-state index contributed by atoms with van der Waals surface area (Å²) < 4.78 is 29.5. The maximum absolute atomic E-state index is 14.1. The van der Waals surface area contributed by atoms with Crippen molar-refractivity contribution in [2.75, 3.05) is 57.3 Å². The first-order chi connectivity index (χ1) is 24.1. The van der Waals surface area contributed by atoms with Crippen LogP contribution in [0.2, 0.25) is 0 Å². The number of carbonyl (C=O) groups excluding carboxylic acids is 1. The first-order valence-corrected chi connectivity index (χ1v) is 18.1. The van der Waals surface area contributed by atoms with Crippen LogP contribution < -0.4 is 4.90 Å². The lowest BCUT2D eigenvalue weighted by molar-refractivity contribution is 0.00589. The van der Waals surface area contributed by atoms with Crippen LogP contribution in [0, 0.1) is 25.2 Å². The minimum absolute atomic E-state index is 0.119. The highest BCUT2D eigenvalue weighted by Crippen LogP contribution is 2.37. The summed E-state index contributed by atoms with van der Waals surface area (Å²) in [5.74, 6) is -0.172. The number of aryl methyl sites for hydroxylation is 2. The average molecular weight is 691 g/mol. The van der Waals surface area contributed by atoms with Gasteiger partial charge in [0.05, 0.1) is 28.9 Å². The lowest BCUT2D eigenvalue weighted by Gasteiger charge is -2.37. The SMILES string of the molecule is Cc1ccccc1S(=O)(=O)n1cc(-c2ccc(C(=O)N3CC(O)C3)cc2)c2cc(-c3cc(C)c(N4CCN(CCO)CC4)c(C#N)c3)cnc21. The second-order valence-corrected chi connectivity index (χ2v) is 14.8. The van der Waals surface area contributed by atoms with Crippen molar-refractivity contribution in [3.63, 3.8) is 0 Å². The van der Waals surface area contributed by atoms with Gasteiger partial charge >= 0.3 is 0 Å². The molecule has 11 nitrogen and oxygen atoms in total. The van der Waals surface area contributed by atoms with Gasteiger partial charge in [-0.15, -0.1) is 0 Å². The molecule has 12 heteroatoms. The molecule has 0 atom stereocenters. The Morgan fingerprint density at radius 1 is 0.940 bits per heavy atom. The van der Waals surface area contributed by atoms with Crippen molar-refractivity contribution in [2.24, 2.45) is 0 Å². The van der Waals surface area contributed by atoms with Crippen LogP contribution in [0.15, 0.2) is 84.0 Å². The molecule has 2 saturated heterocycles. The first-order valence-electron chi connectivity index (χ1n) is 16.6. The number of nitrogens with zero attached hydrogens (tertiary/aromatic N) is 6. The smallest absolute Gasteiger partial charge is 0.269 e. The molecule has 0 radical (unpaired) electrons. The van der Waals surface area contributed by atoms with E-state index in [1.807, 2.05) is 25.1 Å². The molecule has 2 fully saturated rings. The summed E-state index contributed by atoms with van der Waals surface area (Å²) in [7, 11) is -4.03. The predicted molar refractivity (Wildman–Crippen MR) is 191 cm³/mol. The van der Waals surface area contributed by atoms with Gasteiger partial charge in [0, 0.05) is 80.3 Å². The van der Waals surface area contributed by atoms with Gasteiger partial charge in [-0.25, -0.2) is 17.4 Å². The topological polar surface area (TPSA) is 143 Å². The van der Waals surface area contributed by atoms with Crippen molar-refractivity contribution in [3.8, 4) is 28.3 Å². The molecule has 0 aliphatic carbocycles. The van der Waals surface area contributed by atoms with E-state index in [2.05, 4.69) is 15.9 Å². The molecule has 5 aromatic rings. The molecule has 0 saturated carbocycles. The number of anilines is 1. The summed E-state index contributed by atoms with van der Waals surface area (Å²) in [5.41, 5.74) is 6.59. The minimum Gasteiger partial charge on any atom is -0.395 e. The molecular weight excluding hydrogens is 653 g/mol. The Kier molecular flexibility index (Phi) is 8.92. The molecule has 7 rings (SSSR count). The third-order valence-electron chi connectivity index (χ3n) is 9.69. The van der Waals surface area contributed by atoms with Gasteiger partial charge < -0.3 is 20.0 Å². The molecule has 0 bridgehead atoms. The van der Waals surface area contributed by atoms with Gasteiger partial charge in [0.2, 0.25) is 0 Å². The van der Waals surface area contributed by atoms with E-state index >= 15 is 0 Å². The quantitative estimate of drug-likeness (QED) is 0.247. The molecule has 1 amide bonds. The van der Waals surface area contributed by atoms with Gasteiger partial charge in [-0.05, 0) is 72.5 Å². The van der Waals surface area contributed by atoms with Gasteiger partial charge in [-0.3, -0.25) is 9.69 Å². The number of piperazine rings is 1. The lowest BCUT2D eigenvalue weighted by atomic mass is 9.97. The highest BCUT2D eigenvalue weighted by Gasteiger charge is 2.30. The predicted octanol–water partition coefficient (Wildman–Crippen LogP) is 4.03. The zero-order valence-electron chi connectivity index (χ0n) is 28.0. The number of hydrogen-bond acceptors (Lipinski definition) is 9. The zero-order valence-corrected chi connectivity index (χ0v) is 28.8. The van der Waals surface area contributed by atoms with Gasteiger partial charge in [0.25, 0.3) is 15.9 Å². The second kappa shape index (κ2) is 13.3. The summed E-state index contributed by atoms with van der Waals surface area (Å²) >= 11 is 0. The van der Waals surface area contributed by atoms with Crippen LogP contribution in [0.3, 0.4) is 0 Å². The number of benzene rings is 3. The molecule has 0 spiro atoms. The maximum Gasteiger partial charge on any atom is 0.269 e. The largest absolute Gasteiger partial charge is 0.395 e. The number of β-amino-alcohol motifs (C(OH)–C–C–N with tert-alkyl or cyclic N) is 2. The van der Waals surface area contributed by atoms with Crippen molar-refractivity contribution >= 4 is 32.7 Å². The molecule has 2 N–H and O–H groups in total. The van der Waals surface area contributed by atoms with Crippen molar-refractivity contribution in [1.82, 2.24) is 18.8 Å². The van der Waals surface area contributed by atoms with E-state index in [0.717, 1.165) is 48.6 Å². The van der Waals surface area contributed by atoms with Crippen molar-refractivity contribution < 1.29 is 23.4 Å². The molecule has 3 aromatic carbocycles. The van der Waals surface area contributed by atoms with E-state index < -0.39 is 16.1 Å².